The van der Waals surface area contributed by atoms with Crippen LogP contribution in [0.25, 0.3) is 0 Å². The van der Waals surface area contributed by atoms with Crippen LogP contribution in [0.4, 0.5) is 5.69 Å². The molecule has 1 aliphatic rings. The van der Waals surface area contributed by atoms with E-state index in [-0.39, 0.29) is 0 Å². The van der Waals surface area contributed by atoms with E-state index in [1.807, 2.05) is 0 Å². The summed E-state index contributed by atoms with van der Waals surface area (Å²) in [4.78, 5) is 2.46. The zero-order valence-electron chi connectivity index (χ0n) is 11.7. The standard InChI is InChI=1S/C17H18Br2N2/c18-14-6-7-17(16(19)11-14)21-9-8-20-15(12-21)10-13-4-2-1-3-5-13/h1-7,11,15,20H,8-10,12H2. The van der Waals surface area contributed by atoms with Gasteiger partial charge in [-0.05, 0) is 46.1 Å². The van der Waals surface area contributed by atoms with E-state index in [1.54, 1.807) is 0 Å². The molecule has 0 saturated carbocycles. The van der Waals surface area contributed by atoms with E-state index >= 15 is 0 Å². The predicted octanol–water partition coefficient (Wildman–Crippen LogP) is 4.23. The number of rotatable bonds is 3. The van der Waals surface area contributed by atoms with Crippen LogP contribution in [0.3, 0.4) is 0 Å². The lowest BCUT2D eigenvalue weighted by Gasteiger charge is -2.36. The molecule has 0 bridgehead atoms. The van der Waals surface area contributed by atoms with Gasteiger partial charge in [0, 0.05) is 34.6 Å². The normalized spacial score (nSPS) is 18.8. The van der Waals surface area contributed by atoms with Crippen molar-refractivity contribution in [2.75, 3.05) is 24.5 Å². The van der Waals surface area contributed by atoms with Gasteiger partial charge in [0.05, 0.1) is 5.69 Å². The second kappa shape index (κ2) is 6.95. The molecule has 2 nitrogen and oxygen atoms in total. The Balaban J connectivity index is 1.71. The number of piperazine rings is 1. The van der Waals surface area contributed by atoms with Gasteiger partial charge in [0.25, 0.3) is 0 Å². The molecule has 2 aromatic rings. The molecule has 1 aliphatic heterocycles. The van der Waals surface area contributed by atoms with E-state index in [0.717, 1.165) is 35.0 Å². The van der Waals surface area contributed by atoms with Crippen molar-refractivity contribution in [2.45, 2.75) is 12.5 Å². The number of nitrogens with one attached hydrogen (secondary N) is 1. The maximum absolute atomic E-state index is 3.68. The molecule has 1 atom stereocenters. The van der Waals surface area contributed by atoms with E-state index in [0.29, 0.717) is 6.04 Å². The van der Waals surface area contributed by atoms with Crippen molar-refractivity contribution >= 4 is 37.5 Å². The highest BCUT2D eigenvalue weighted by Crippen LogP contribution is 2.30. The molecule has 3 rings (SSSR count). The summed E-state index contributed by atoms with van der Waals surface area (Å²) in [6, 6.07) is 17.6. The lowest BCUT2D eigenvalue weighted by Crippen LogP contribution is -2.51. The van der Waals surface area contributed by atoms with Crippen molar-refractivity contribution < 1.29 is 0 Å². The highest BCUT2D eigenvalue weighted by molar-refractivity contribution is 9.11. The topological polar surface area (TPSA) is 15.3 Å². The fourth-order valence-electron chi connectivity index (χ4n) is 2.82. The first-order valence-electron chi connectivity index (χ1n) is 7.20. The highest BCUT2D eigenvalue weighted by atomic mass is 79.9. The summed E-state index contributed by atoms with van der Waals surface area (Å²) in [6.07, 6.45) is 1.07. The lowest BCUT2D eigenvalue weighted by atomic mass is 10.0. The van der Waals surface area contributed by atoms with Crippen LogP contribution in [-0.2, 0) is 6.42 Å². The molecule has 0 spiro atoms. The first kappa shape index (κ1) is 15.1. The first-order valence-corrected chi connectivity index (χ1v) is 8.78. The molecule has 0 aromatic heterocycles. The average molecular weight is 410 g/mol. The molecule has 1 heterocycles. The van der Waals surface area contributed by atoms with E-state index in [9.17, 15) is 0 Å². The quantitative estimate of drug-likeness (QED) is 0.815. The molecule has 1 fully saturated rings. The van der Waals surface area contributed by atoms with Gasteiger partial charge in [-0.25, -0.2) is 0 Å². The summed E-state index contributed by atoms with van der Waals surface area (Å²) in [5.74, 6) is 0. The predicted molar refractivity (Wildman–Crippen MR) is 96.0 cm³/mol. The van der Waals surface area contributed by atoms with Gasteiger partial charge in [-0.2, -0.15) is 0 Å². The van der Waals surface area contributed by atoms with E-state index < -0.39 is 0 Å². The van der Waals surface area contributed by atoms with Crippen LogP contribution >= 0.6 is 31.9 Å². The summed E-state index contributed by atoms with van der Waals surface area (Å²) in [5, 5.41) is 3.63. The van der Waals surface area contributed by atoms with Gasteiger partial charge in [-0.1, -0.05) is 46.3 Å². The smallest absolute Gasteiger partial charge is 0.0512 e. The zero-order valence-corrected chi connectivity index (χ0v) is 14.9. The van der Waals surface area contributed by atoms with Crippen LogP contribution in [-0.4, -0.2) is 25.7 Å². The second-order valence-corrected chi connectivity index (χ2v) is 7.15. The summed E-state index contributed by atoms with van der Waals surface area (Å²) in [6.45, 7) is 3.11. The van der Waals surface area contributed by atoms with E-state index in [2.05, 4.69) is 90.6 Å². The molecule has 4 heteroatoms. The molecule has 2 aromatic carbocycles. The zero-order chi connectivity index (χ0) is 14.7. The Kier molecular flexibility index (Phi) is 4.99. The molecular weight excluding hydrogens is 392 g/mol. The lowest BCUT2D eigenvalue weighted by molar-refractivity contribution is 0.454. The molecule has 1 unspecified atom stereocenters. The molecule has 0 amide bonds. The Bertz CT molecular complexity index is 601. The van der Waals surface area contributed by atoms with Gasteiger partial charge in [-0.15, -0.1) is 0 Å². The van der Waals surface area contributed by atoms with Gasteiger partial charge in [0.2, 0.25) is 0 Å². The van der Waals surface area contributed by atoms with Gasteiger partial charge in [0.1, 0.15) is 0 Å². The SMILES string of the molecule is Brc1ccc(N2CCNC(Cc3ccccc3)C2)c(Br)c1. The molecule has 21 heavy (non-hydrogen) atoms. The van der Waals surface area contributed by atoms with Crippen LogP contribution < -0.4 is 10.2 Å². The van der Waals surface area contributed by atoms with E-state index in [1.165, 1.54) is 11.3 Å². The van der Waals surface area contributed by atoms with Crippen LogP contribution in [0.15, 0.2) is 57.5 Å². The minimum absolute atomic E-state index is 0.497. The number of halogens is 2. The summed E-state index contributed by atoms with van der Waals surface area (Å²) >= 11 is 7.19. The summed E-state index contributed by atoms with van der Waals surface area (Å²) in [7, 11) is 0. The minimum atomic E-state index is 0.497. The van der Waals surface area contributed by atoms with Crippen molar-refractivity contribution in [2.24, 2.45) is 0 Å². The Morgan fingerprint density at radius 3 is 2.67 bits per heavy atom. The van der Waals surface area contributed by atoms with Crippen molar-refractivity contribution in [3.8, 4) is 0 Å². The number of benzene rings is 2. The molecular formula is C17H18Br2N2. The van der Waals surface area contributed by atoms with Crippen LogP contribution in [0.2, 0.25) is 0 Å². The molecule has 1 N–H and O–H groups in total. The van der Waals surface area contributed by atoms with Crippen molar-refractivity contribution in [1.29, 1.82) is 0 Å². The molecule has 110 valence electrons. The van der Waals surface area contributed by atoms with Gasteiger partial charge < -0.3 is 10.2 Å². The first-order chi connectivity index (χ1) is 10.2. The van der Waals surface area contributed by atoms with Crippen LogP contribution in [0, 0.1) is 0 Å². The average Bonchev–Trinajstić information content (AvgIpc) is 2.48. The Morgan fingerprint density at radius 1 is 1.10 bits per heavy atom. The Morgan fingerprint density at radius 2 is 1.90 bits per heavy atom. The van der Waals surface area contributed by atoms with Crippen molar-refractivity contribution in [1.82, 2.24) is 5.32 Å². The number of anilines is 1. The van der Waals surface area contributed by atoms with Gasteiger partial charge in [0.15, 0.2) is 0 Å². The molecule has 1 saturated heterocycles. The van der Waals surface area contributed by atoms with Crippen LogP contribution in [0.1, 0.15) is 5.56 Å². The highest BCUT2D eigenvalue weighted by Gasteiger charge is 2.21. The van der Waals surface area contributed by atoms with E-state index in [4.69, 9.17) is 0 Å². The third-order valence-electron chi connectivity index (χ3n) is 3.83. The monoisotopic (exact) mass is 408 g/mol. The van der Waals surface area contributed by atoms with Crippen LogP contribution in [0.5, 0.6) is 0 Å². The molecule has 0 radical (unpaired) electrons. The maximum atomic E-state index is 3.68. The van der Waals surface area contributed by atoms with Gasteiger partial charge in [-0.3, -0.25) is 0 Å². The Hall–Kier alpha value is -0.840. The fourth-order valence-corrected chi connectivity index (χ4v) is 4.12. The maximum Gasteiger partial charge on any atom is 0.0512 e. The number of hydrogen-bond donors (Lipinski definition) is 1. The van der Waals surface area contributed by atoms with Crippen molar-refractivity contribution in [3.05, 3.63) is 63.0 Å². The summed E-state index contributed by atoms with van der Waals surface area (Å²) in [5.41, 5.74) is 2.67. The van der Waals surface area contributed by atoms with Crippen molar-refractivity contribution in [3.63, 3.8) is 0 Å². The fraction of sp³-hybridized carbons (Fsp3) is 0.294. The number of hydrogen-bond acceptors (Lipinski definition) is 2. The Labute approximate surface area is 142 Å². The second-order valence-electron chi connectivity index (χ2n) is 5.38. The third kappa shape index (κ3) is 3.87. The molecule has 0 aliphatic carbocycles. The third-order valence-corrected chi connectivity index (χ3v) is 4.96. The number of nitrogens with zero attached hydrogens (tertiary/aromatic N) is 1. The van der Waals surface area contributed by atoms with Gasteiger partial charge >= 0.3 is 0 Å². The largest absolute Gasteiger partial charge is 0.368 e. The summed E-state index contributed by atoms with van der Waals surface area (Å²) < 4.78 is 2.26. The minimum Gasteiger partial charge on any atom is -0.368 e.